The minimum atomic E-state index is -3.59. The van der Waals surface area contributed by atoms with E-state index in [1.165, 1.54) is 11.3 Å². The van der Waals surface area contributed by atoms with Gasteiger partial charge in [0.05, 0.1) is 7.11 Å². The summed E-state index contributed by atoms with van der Waals surface area (Å²) in [5.41, 5.74) is 0.624. The van der Waals surface area contributed by atoms with Crippen molar-refractivity contribution in [2.75, 3.05) is 13.7 Å². The Hall–Kier alpha value is -1.86. The second kappa shape index (κ2) is 8.49. The van der Waals surface area contributed by atoms with Gasteiger partial charge in [0, 0.05) is 13.0 Å². The quantitative estimate of drug-likeness (QED) is 0.760. The predicted octanol–water partition coefficient (Wildman–Crippen LogP) is 3.43. The largest absolute Gasteiger partial charge is 0.497 e. The van der Waals surface area contributed by atoms with Crippen molar-refractivity contribution in [1.82, 2.24) is 5.32 Å². The second-order valence-electron chi connectivity index (χ2n) is 6.14. The number of carbonyl (C=O) groups is 1. The highest BCUT2D eigenvalue weighted by Gasteiger charge is 2.30. The van der Waals surface area contributed by atoms with Crippen LogP contribution in [0.5, 0.6) is 5.75 Å². The lowest BCUT2D eigenvalue weighted by Crippen LogP contribution is -2.32. The third kappa shape index (κ3) is 5.06. The zero-order valence-electron chi connectivity index (χ0n) is 14.6. The van der Waals surface area contributed by atoms with Crippen LogP contribution in [0, 0.1) is 5.92 Å². The highest BCUT2D eigenvalue weighted by Crippen LogP contribution is 2.32. The van der Waals surface area contributed by atoms with Gasteiger partial charge in [-0.15, -0.1) is 11.3 Å². The molecule has 7 heteroatoms. The van der Waals surface area contributed by atoms with Crippen LogP contribution in [-0.4, -0.2) is 28.0 Å². The average molecular weight is 382 g/mol. The predicted molar refractivity (Wildman–Crippen MR) is 99.7 cm³/mol. The maximum absolute atomic E-state index is 13.0. The van der Waals surface area contributed by atoms with Gasteiger partial charge in [-0.2, -0.15) is 0 Å². The van der Waals surface area contributed by atoms with E-state index in [-0.39, 0.29) is 18.4 Å². The molecular formula is C18H23NO4S2. The number of rotatable bonds is 8. The molecule has 1 atom stereocenters. The number of benzene rings is 1. The molecule has 1 heterocycles. The van der Waals surface area contributed by atoms with Crippen molar-refractivity contribution < 1.29 is 17.9 Å². The lowest BCUT2D eigenvalue weighted by molar-refractivity contribution is -0.121. The molecule has 1 N–H and O–H groups in total. The number of amides is 1. The molecule has 2 rings (SSSR count). The standard InChI is InChI=1S/C18H23NO4S2/c1-13(2)11-17(20)19-12-16(14-6-8-15(23-3)9-7-14)25(21,22)18-5-4-10-24-18/h4-10,13,16H,11-12H2,1-3H3,(H,19,20)/t16-/m1/s1. The first-order valence-corrected chi connectivity index (χ1v) is 10.4. The molecule has 1 aromatic heterocycles. The van der Waals surface area contributed by atoms with Crippen LogP contribution in [0.3, 0.4) is 0 Å². The Labute approximate surface area is 152 Å². The van der Waals surface area contributed by atoms with Crippen molar-refractivity contribution in [2.45, 2.75) is 29.7 Å². The van der Waals surface area contributed by atoms with Gasteiger partial charge in [-0.3, -0.25) is 4.79 Å². The molecule has 136 valence electrons. The Balaban J connectivity index is 2.29. The van der Waals surface area contributed by atoms with Crippen LogP contribution in [-0.2, 0) is 14.6 Å². The van der Waals surface area contributed by atoms with Crippen molar-refractivity contribution in [1.29, 1.82) is 0 Å². The number of methoxy groups -OCH3 is 1. The molecular weight excluding hydrogens is 358 g/mol. The molecule has 25 heavy (non-hydrogen) atoms. The van der Waals surface area contributed by atoms with Crippen LogP contribution in [0.4, 0.5) is 0 Å². The summed E-state index contributed by atoms with van der Waals surface area (Å²) >= 11 is 1.18. The minimum Gasteiger partial charge on any atom is -0.497 e. The Morgan fingerprint density at radius 3 is 2.40 bits per heavy atom. The Morgan fingerprint density at radius 1 is 1.20 bits per heavy atom. The molecule has 0 unspecified atom stereocenters. The summed E-state index contributed by atoms with van der Waals surface area (Å²) in [6.45, 7) is 3.93. The van der Waals surface area contributed by atoms with Crippen LogP contribution in [0.25, 0.3) is 0 Å². The fourth-order valence-electron chi connectivity index (χ4n) is 2.44. The zero-order chi connectivity index (χ0) is 18.4. The molecule has 0 saturated heterocycles. The van der Waals surface area contributed by atoms with Gasteiger partial charge >= 0.3 is 0 Å². The molecule has 1 aromatic carbocycles. The number of ether oxygens (including phenoxy) is 1. The van der Waals surface area contributed by atoms with E-state index in [9.17, 15) is 13.2 Å². The van der Waals surface area contributed by atoms with Gasteiger partial charge in [-0.25, -0.2) is 8.42 Å². The Morgan fingerprint density at radius 2 is 1.88 bits per heavy atom. The summed E-state index contributed by atoms with van der Waals surface area (Å²) in [5, 5.41) is 3.66. The van der Waals surface area contributed by atoms with Crippen molar-refractivity contribution in [3.63, 3.8) is 0 Å². The fraction of sp³-hybridized carbons (Fsp3) is 0.389. The second-order valence-corrected chi connectivity index (χ2v) is 9.45. The molecule has 2 aromatic rings. The number of thiophene rings is 1. The molecule has 0 fully saturated rings. The Bertz CT molecular complexity index is 781. The molecule has 0 saturated carbocycles. The fourth-order valence-corrected chi connectivity index (χ4v) is 5.31. The van der Waals surface area contributed by atoms with Gasteiger partial charge in [0.25, 0.3) is 0 Å². The molecule has 0 aliphatic rings. The summed E-state index contributed by atoms with van der Waals surface area (Å²) in [6, 6.07) is 10.2. The van der Waals surface area contributed by atoms with Crippen LogP contribution in [0.1, 0.15) is 31.1 Å². The smallest absolute Gasteiger partial charge is 0.220 e. The number of hydrogen-bond donors (Lipinski definition) is 1. The highest BCUT2D eigenvalue weighted by molar-refractivity contribution is 7.93. The van der Waals surface area contributed by atoms with E-state index in [1.54, 1.807) is 48.9 Å². The highest BCUT2D eigenvalue weighted by atomic mass is 32.2. The molecule has 5 nitrogen and oxygen atoms in total. The SMILES string of the molecule is COc1ccc([C@@H](CNC(=O)CC(C)C)S(=O)(=O)c2cccs2)cc1. The summed E-state index contributed by atoms with van der Waals surface area (Å²) in [5.74, 6) is 0.725. The van der Waals surface area contributed by atoms with Gasteiger partial charge in [0.15, 0.2) is 9.84 Å². The van der Waals surface area contributed by atoms with Crippen molar-refractivity contribution >= 4 is 27.1 Å². The van der Waals surface area contributed by atoms with Gasteiger partial charge in [-0.05, 0) is 35.1 Å². The normalized spacial score (nSPS) is 12.8. The van der Waals surface area contributed by atoms with Gasteiger partial charge in [0.1, 0.15) is 15.2 Å². The van der Waals surface area contributed by atoms with E-state index in [0.717, 1.165) is 0 Å². The van der Waals surface area contributed by atoms with E-state index in [2.05, 4.69) is 5.32 Å². The maximum atomic E-state index is 13.0. The van der Waals surface area contributed by atoms with Crippen LogP contribution in [0.2, 0.25) is 0 Å². The molecule has 0 spiro atoms. The minimum absolute atomic E-state index is 0.0398. The Kier molecular flexibility index (Phi) is 6.61. The lowest BCUT2D eigenvalue weighted by Gasteiger charge is -2.19. The molecule has 0 aliphatic heterocycles. The van der Waals surface area contributed by atoms with E-state index in [0.29, 0.717) is 21.9 Å². The third-order valence-electron chi connectivity index (χ3n) is 3.72. The summed E-state index contributed by atoms with van der Waals surface area (Å²) < 4.78 is 31.5. The first-order chi connectivity index (χ1) is 11.8. The van der Waals surface area contributed by atoms with Gasteiger partial charge in [0.2, 0.25) is 5.91 Å². The summed E-state index contributed by atoms with van der Waals surface area (Å²) in [6.07, 6.45) is 0.369. The lowest BCUT2D eigenvalue weighted by atomic mass is 10.1. The maximum Gasteiger partial charge on any atom is 0.220 e. The topological polar surface area (TPSA) is 72.5 Å². The summed E-state index contributed by atoms with van der Waals surface area (Å²) in [7, 11) is -2.03. The summed E-state index contributed by atoms with van der Waals surface area (Å²) in [4.78, 5) is 12.0. The average Bonchev–Trinajstić information content (AvgIpc) is 3.10. The van der Waals surface area contributed by atoms with Crippen LogP contribution >= 0.6 is 11.3 Å². The van der Waals surface area contributed by atoms with E-state index < -0.39 is 15.1 Å². The number of sulfone groups is 1. The third-order valence-corrected chi connectivity index (χ3v) is 7.25. The first-order valence-electron chi connectivity index (χ1n) is 8.02. The van der Waals surface area contributed by atoms with Crippen molar-refractivity contribution in [2.24, 2.45) is 5.92 Å². The van der Waals surface area contributed by atoms with Crippen LogP contribution in [0.15, 0.2) is 46.0 Å². The zero-order valence-corrected chi connectivity index (χ0v) is 16.2. The number of carbonyl (C=O) groups excluding carboxylic acids is 1. The monoisotopic (exact) mass is 381 g/mol. The van der Waals surface area contributed by atoms with Gasteiger partial charge in [-0.1, -0.05) is 32.0 Å². The van der Waals surface area contributed by atoms with E-state index in [4.69, 9.17) is 4.74 Å². The van der Waals surface area contributed by atoms with E-state index in [1.807, 2.05) is 13.8 Å². The number of nitrogens with one attached hydrogen (secondary N) is 1. The molecule has 0 aliphatic carbocycles. The van der Waals surface area contributed by atoms with Crippen molar-refractivity contribution in [3.05, 3.63) is 47.3 Å². The van der Waals surface area contributed by atoms with Crippen molar-refractivity contribution in [3.8, 4) is 5.75 Å². The molecule has 0 radical (unpaired) electrons. The number of hydrogen-bond acceptors (Lipinski definition) is 5. The molecule has 0 bridgehead atoms. The van der Waals surface area contributed by atoms with Gasteiger partial charge < -0.3 is 10.1 Å². The van der Waals surface area contributed by atoms with E-state index >= 15 is 0 Å². The first kappa shape index (κ1) is 19.5. The molecule has 1 amide bonds. The van der Waals surface area contributed by atoms with Crippen LogP contribution < -0.4 is 10.1 Å².